The standard InChI is InChI=1S/C16H17N3S/c1-3-13(12-7-5-4-6-8-12)19-16-15-14(17-10-18-16)11(2)9-20-15/h4-10,13H,3H2,1-2H3,(H,17,18,19). The van der Waals surface area contributed by atoms with Gasteiger partial charge in [-0.25, -0.2) is 9.97 Å². The van der Waals surface area contributed by atoms with Crippen LogP contribution in [-0.2, 0) is 0 Å². The molecule has 3 rings (SSSR count). The highest BCUT2D eigenvalue weighted by molar-refractivity contribution is 7.18. The number of anilines is 1. The zero-order chi connectivity index (χ0) is 13.9. The molecule has 0 amide bonds. The number of benzene rings is 1. The van der Waals surface area contributed by atoms with Crippen LogP contribution in [0.4, 0.5) is 5.82 Å². The first-order valence-electron chi connectivity index (χ1n) is 6.80. The fraction of sp³-hybridized carbons (Fsp3) is 0.250. The van der Waals surface area contributed by atoms with Gasteiger partial charge in [-0.15, -0.1) is 11.3 Å². The van der Waals surface area contributed by atoms with Crippen LogP contribution in [0, 0.1) is 6.92 Å². The summed E-state index contributed by atoms with van der Waals surface area (Å²) in [4.78, 5) is 8.79. The number of thiophene rings is 1. The number of hydrogen-bond acceptors (Lipinski definition) is 4. The smallest absolute Gasteiger partial charge is 0.147 e. The number of aryl methyl sites for hydroxylation is 1. The molecule has 0 bridgehead atoms. The number of hydrogen-bond donors (Lipinski definition) is 1. The summed E-state index contributed by atoms with van der Waals surface area (Å²) in [5, 5.41) is 5.69. The van der Waals surface area contributed by atoms with Gasteiger partial charge >= 0.3 is 0 Å². The fourth-order valence-electron chi connectivity index (χ4n) is 2.34. The van der Waals surface area contributed by atoms with E-state index in [-0.39, 0.29) is 6.04 Å². The zero-order valence-corrected chi connectivity index (χ0v) is 12.4. The molecule has 20 heavy (non-hydrogen) atoms. The van der Waals surface area contributed by atoms with Crippen molar-refractivity contribution in [1.29, 1.82) is 0 Å². The van der Waals surface area contributed by atoms with Crippen molar-refractivity contribution in [2.45, 2.75) is 26.3 Å². The minimum Gasteiger partial charge on any atom is -0.362 e. The van der Waals surface area contributed by atoms with Crippen LogP contribution < -0.4 is 5.32 Å². The van der Waals surface area contributed by atoms with E-state index in [4.69, 9.17) is 0 Å². The van der Waals surface area contributed by atoms with Crippen LogP contribution in [0.15, 0.2) is 42.0 Å². The minimum absolute atomic E-state index is 0.275. The van der Waals surface area contributed by atoms with Crippen molar-refractivity contribution < 1.29 is 0 Å². The molecule has 0 fully saturated rings. The largest absolute Gasteiger partial charge is 0.362 e. The molecule has 0 aliphatic heterocycles. The molecule has 3 aromatic rings. The lowest BCUT2D eigenvalue weighted by Crippen LogP contribution is -2.10. The Bertz CT molecular complexity index is 706. The van der Waals surface area contributed by atoms with Crippen molar-refractivity contribution in [3.05, 3.63) is 53.2 Å². The third-order valence-electron chi connectivity index (χ3n) is 3.45. The van der Waals surface area contributed by atoms with Gasteiger partial charge in [0.25, 0.3) is 0 Å². The normalized spacial score (nSPS) is 12.5. The van der Waals surface area contributed by atoms with Gasteiger partial charge in [-0.1, -0.05) is 37.3 Å². The second-order valence-electron chi connectivity index (χ2n) is 4.83. The van der Waals surface area contributed by atoms with E-state index in [1.54, 1.807) is 17.7 Å². The molecule has 4 heteroatoms. The monoisotopic (exact) mass is 283 g/mol. The lowest BCUT2D eigenvalue weighted by Gasteiger charge is -2.18. The van der Waals surface area contributed by atoms with Gasteiger partial charge in [-0.2, -0.15) is 0 Å². The molecule has 0 spiro atoms. The molecule has 0 saturated carbocycles. The molecule has 2 aromatic heterocycles. The molecule has 0 radical (unpaired) electrons. The Kier molecular flexibility index (Phi) is 3.65. The first-order valence-corrected chi connectivity index (χ1v) is 7.68. The summed E-state index contributed by atoms with van der Waals surface area (Å²) >= 11 is 1.70. The summed E-state index contributed by atoms with van der Waals surface area (Å²) in [5.41, 5.74) is 3.55. The van der Waals surface area contributed by atoms with Gasteiger partial charge < -0.3 is 5.32 Å². The second kappa shape index (κ2) is 5.59. The summed E-state index contributed by atoms with van der Waals surface area (Å²) < 4.78 is 1.14. The summed E-state index contributed by atoms with van der Waals surface area (Å²) in [6, 6.07) is 10.8. The van der Waals surface area contributed by atoms with Gasteiger partial charge in [0.2, 0.25) is 0 Å². The van der Waals surface area contributed by atoms with Crippen LogP contribution in [0.5, 0.6) is 0 Å². The molecule has 0 aliphatic carbocycles. The van der Waals surface area contributed by atoms with Crippen LogP contribution >= 0.6 is 11.3 Å². The highest BCUT2D eigenvalue weighted by atomic mass is 32.1. The van der Waals surface area contributed by atoms with Crippen LogP contribution in [0.2, 0.25) is 0 Å². The van der Waals surface area contributed by atoms with Gasteiger partial charge in [-0.05, 0) is 29.9 Å². The molecule has 1 atom stereocenters. The third-order valence-corrected chi connectivity index (χ3v) is 4.55. The molecule has 1 unspecified atom stereocenters. The van der Waals surface area contributed by atoms with Crippen LogP contribution in [0.1, 0.15) is 30.5 Å². The van der Waals surface area contributed by atoms with Gasteiger partial charge in [0.15, 0.2) is 0 Å². The summed E-state index contributed by atoms with van der Waals surface area (Å²) in [6.45, 7) is 4.27. The Labute approximate surface area is 122 Å². The van der Waals surface area contributed by atoms with Crippen molar-refractivity contribution in [2.75, 3.05) is 5.32 Å². The highest BCUT2D eigenvalue weighted by Crippen LogP contribution is 2.31. The van der Waals surface area contributed by atoms with Crippen molar-refractivity contribution in [3.8, 4) is 0 Å². The van der Waals surface area contributed by atoms with Gasteiger partial charge in [0, 0.05) is 0 Å². The summed E-state index contributed by atoms with van der Waals surface area (Å²) in [7, 11) is 0. The highest BCUT2D eigenvalue weighted by Gasteiger charge is 2.13. The molecule has 1 aromatic carbocycles. The third kappa shape index (κ3) is 2.39. The molecule has 2 heterocycles. The molecule has 0 aliphatic rings. The van der Waals surface area contributed by atoms with Crippen molar-refractivity contribution in [1.82, 2.24) is 9.97 Å². The zero-order valence-electron chi connectivity index (χ0n) is 11.6. The first-order chi connectivity index (χ1) is 9.79. The predicted molar refractivity (Wildman–Crippen MR) is 85.2 cm³/mol. The molecule has 0 saturated heterocycles. The van der Waals surface area contributed by atoms with Gasteiger partial charge in [0.1, 0.15) is 12.1 Å². The first kappa shape index (κ1) is 13.1. The Balaban J connectivity index is 1.96. The van der Waals surface area contributed by atoms with Gasteiger partial charge in [-0.3, -0.25) is 0 Å². The Morgan fingerprint density at radius 1 is 1.20 bits per heavy atom. The van der Waals surface area contributed by atoms with E-state index in [2.05, 4.69) is 58.8 Å². The summed E-state index contributed by atoms with van der Waals surface area (Å²) in [6.07, 6.45) is 2.65. The second-order valence-corrected chi connectivity index (χ2v) is 5.71. The van der Waals surface area contributed by atoms with Crippen molar-refractivity contribution in [3.63, 3.8) is 0 Å². The maximum absolute atomic E-state index is 4.42. The van der Waals surface area contributed by atoms with Crippen LogP contribution in [0.3, 0.4) is 0 Å². The van der Waals surface area contributed by atoms with Crippen LogP contribution in [-0.4, -0.2) is 9.97 Å². The number of rotatable bonds is 4. The number of nitrogens with one attached hydrogen (secondary N) is 1. The number of nitrogens with zero attached hydrogens (tertiary/aromatic N) is 2. The lowest BCUT2D eigenvalue weighted by atomic mass is 10.0. The van der Waals surface area contributed by atoms with Gasteiger partial charge in [0.05, 0.1) is 16.3 Å². The van der Waals surface area contributed by atoms with Crippen molar-refractivity contribution >= 4 is 27.4 Å². The van der Waals surface area contributed by atoms with E-state index in [0.717, 1.165) is 22.5 Å². The SMILES string of the molecule is CCC(Nc1ncnc2c(C)csc12)c1ccccc1. The average molecular weight is 283 g/mol. The van der Waals surface area contributed by atoms with E-state index >= 15 is 0 Å². The van der Waals surface area contributed by atoms with Crippen molar-refractivity contribution in [2.24, 2.45) is 0 Å². The van der Waals surface area contributed by atoms with E-state index < -0.39 is 0 Å². The fourth-order valence-corrected chi connectivity index (χ4v) is 3.30. The molecular weight excluding hydrogens is 266 g/mol. The number of fused-ring (bicyclic) bond motifs is 1. The number of aromatic nitrogens is 2. The maximum atomic E-state index is 4.42. The average Bonchev–Trinajstić information content (AvgIpc) is 2.88. The quantitative estimate of drug-likeness (QED) is 0.762. The van der Waals surface area contributed by atoms with E-state index in [0.29, 0.717) is 0 Å². The molecular formula is C16H17N3S. The Morgan fingerprint density at radius 2 is 2.00 bits per heavy atom. The predicted octanol–water partition coefficient (Wildman–Crippen LogP) is 4.56. The van der Waals surface area contributed by atoms with E-state index in [9.17, 15) is 0 Å². The van der Waals surface area contributed by atoms with E-state index in [1.165, 1.54) is 11.1 Å². The maximum Gasteiger partial charge on any atom is 0.147 e. The Morgan fingerprint density at radius 3 is 2.75 bits per heavy atom. The minimum atomic E-state index is 0.275. The molecule has 3 nitrogen and oxygen atoms in total. The van der Waals surface area contributed by atoms with E-state index in [1.807, 2.05) is 6.07 Å². The molecule has 1 N–H and O–H groups in total. The molecule has 102 valence electrons. The Hall–Kier alpha value is -1.94. The summed E-state index contributed by atoms with van der Waals surface area (Å²) in [5.74, 6) is 0.934. The lowest BCUT2D eigenvalue weighted by molar-refractivity contribution is 0.746. The van der Waals surface area contributed by atoms with Crippen LogP contribution in [0.25, 0.3) is 10.2 Å². The topological polar surface area (TPSA) is 37.8 Å².